The first-order valence-corrected chi connectivity index (χ1v) is 9.84. The molecule has 0 radical (unpaired) electrons. The third-order valence-electron chi connectivity index (χ3n) is 6.02. The van der Waals surface area contributed by atoms with Gasteiger partial charge in [0, 0.05) is 37.2 Å². The Morgan fingerprint density at radius 3 is 2.59 bits per heavy atom. The van der Waals surface area contributed by atoms with Crippen molar-refractivity contribution in [2.75, 3.05) is 20.3 Å². The summed E-state index contributed by atoms with van der Waals surface area (Å²) in [6.45, 7) is 1.34. The van der Waals surface area contributed by atoms with E-state index >= 15 is 0 Å². The second-order valence-corrected chi connectivity index (χ2v) is 8.09. The van der Waals surface area contributed by atoms with Gasteiger partial charge in [0.25, 0.3) is 0 Å². The molecule has 0 spiro atoms. The Morgan fingerprint density at radius 2 is 2.00 bits per heavy atom. The number of ether oxygens (including phenoxy) is 1. The highest BCUT2D eigenvalue weighted by atomic mass is 35.5. The Hall–Kier alpha value is -0.880. The fourth-order valence-electron chi connectivity index (χ4n) is 4.57. The lowest BCUT2D eigenvalue weighted by Crippen LogP contribution is -2.50. The van der Waals surface area contributed by atoms with Gasteiger partial charge in [-0.2, -0.15) is 0 Å². The van der Waals surface area contributed by atoms with Crippen molar-refractivity contribution >= 4 is 29.9 Å². The zero-order valence-corrected chi connectivity index (χ0v) is 17.3. The molecule has 0 saturated heterocycles. The van der Waals surface area contributed by atoms with E-state index in [2.05, 4.69) is 0 Å². The first-order valence-electron chi connectivity index (χ1n) is 9.46. The van der Waals surface area contributed by atoms with Crippen molar-refractivity contribution in [3.8, 4) is 0 Å². The van der Waals surface area contributed by atoms with Crippen molar-refractivity contribution in [2.45, 2.75) is 44.7 Å². The number of halogens is 3. The summed E-state index contributed by atoms with van der Waals surface area (Å²) in [4.78, 5) is 15.0. The Balaban J connectivity index is 0.00000261. The van der Waals surface area contributed by atoms with Crippen molar-refractivity contribution in [3.63, 3.8) is 0 Å². The van der Waals surface area contributed by atoms with Gasteiger partial charge in [-0.3, -0.25) is 4.79 Å². The topological polar surface area (TPSA) is 55.6 Å². The average Bonchev–Trinajstić information content (AvgIpc) is 2.59. The molecule has 27 heavy (non-hydrogen) atoms. The predicted octanol–water partition coefficient (Wildman–Crippen LogP) is 4.03. The standard InChI is InChI=1S/C20H28ClFN2O2.ClH/c1-26-8-7-24(12-15-5-6-17(22)11-18(15)21)20(25)16-9-13-3-2-4-14(10-16)19(13)23;/h5-6,11,13-14,16,19H,2-4,7-10,12,23H2,1H3;1H. The zero-order valence-electron chi connectivity index (χ0n) is 15.7. The van der Waals surface area contributed by atoms with Crippen LogP contribution in [-0.2, 0) is 16.1 Å². The number of rotatable bonds is 6. The SMILES string of the molecule is COCCN(Cc1ccc(F)cc1Cl)C(=O)C1CC2CCCC(C1)C2N.Cl. The van der Waals surface area contributed by atoms with E-state index < -0.39 is 0 Å². The zero-order chi connectivity index (χ0) is 18.7. The molecule has 1 aromatic carbocycles. The van der Waals surface area contributed by atoms with Gasteiger partial charge in [-0.05, 0) is 55.2 Å². The second kappa shape index (κ2) is 10.1. The quantitative estimate of drug-likeness (QED) is 0.758. The first kappa shape index (κ1) is 22.4. The Morgan fingerprint density at radius 1 is 1.33 bits per heavy atom. The molecule has 0 heterocycles. The molecule has 7 heteroatoms. The van der Waals surface area contributed by atoms with Crippen LogP contribution < -0.4 is 5.73 Å². The number of carbonyl (C=O) groups excluding carboxylic acids is 1. The Kier molecular flexibility index (Phi) is 8.35. The average molecular weight is 419 g/mol. The van der Waals surface area contributed by atoms with E-state index in [1.807, 2.05) is 0 Å². The summed E-state index contributed by atoms with van der Waals surface area (Å²) >= 11 is 6.17. The molecule has 2 aliphatic rings. The van der Waals surface area contributed by atoms with Crippen LogP contribution in [0.4, 0.5) is 4.39 Å². The highest BCUT2D eigenvalue weighted by Gasteiger charge is 2.41. The fraction of sp³-hybridized carbons (Fsp3) is 0.650. The predicted molar refractivity (Wildman–Crippen MR) is 107 cm³/mol. The van der Waals surface area contributed by atoms with Crippen molar-refractivity contribution in [2.24, 2.45) is 23.5 Å². The molecule has 1 aromatic rings. The Bertz CT molecular complexity index is 632. The normalized spacial score (nSPS) is 27.0. The van der Waals surface area contributed by atoms with Crippen molar-refractivity contribution < 1.29 is 13.9 Å². The molecular weight excluding hydrogens is 390 g/mol. The minimum Gasteiger partial charge on any atom is -0.383 e. The number of nitrogens with two attached hydrogens (primary N) is 1. The van der Waals surface area contributed by atoms with E-state index in [0.717, 1.165) is 31.2 Å². The van der Waals surface area contributed by atoms with E-state index in [0.29, 0.717) is 36.6 Å². The molecule has 0 aromatic heterocycles. The van der Waals surface area contributed by atoms with Crippen molar-refractivity contribution in [1.29, 1.82) is 0 Å². The maximum atomic E-state index is 13.3. The summed E-state index contributed by atoms with van der Waals surface area (Å²) in [6.07, 6.45) is 5.23. The molecule has 2 N–H and O–H groups in total. The van der Waals surface area contributed by atoms with E-state index in [1.54, 1.807) is 18.1 Å². The van der Waals surface area contributed by atoms with Gasteiger partial charge in [-0.25, -0.2) is 4.39 Å². The van der Waals surface area contributed by atoms with Gasteiger partial charge in [-0.15, -0.1) is 12.4 Å². The lowest BCUT2D eigenvalue weighted by molar-refractivity contribution is -0.140. The maximum Gasteiger partial charge on any atom is 0.226 e. The number of amides is 1. The van der Waals surface area contributed by atoms with Crippen LogP contribution in [0, 0.1) is 23.6 Å². The lowest BCUT2D eigenvalue weighted by Gasteiger charge is -2.44. The summed E-state index contributed by atoms with van der Waals surface area (Å²) in [5.74, 6) is 0.695. The van der Waals surface area contributed by atoms with Crippen molar-refractivity contribution in [3.05, 3.63) is 34.6 Å². The van der Waals surface area contributed by atoms with Crippen molar-refractivity contribution in [1.82, 2.24) is 4.90 Å². The molecule has 2 saturated carbocycles. The van der Waals surface area contributed by atoms with Crippen LogP contribution in [0.2, 0.25) is 5.02 Å². The highest BCUT2D eigenvalue weighted by Crippen LogP contribution is 2.42. The van der Waals surface area contributed by atoms with E-state index in [4.69, 9.17) is 22.1 Å². The van der Waals surface area contributed by atoms with Crippen LogP contribution in [0.5, 0.6) is 0 Å². The first-order chi connectivity index (χ1) is 12.5. The number of carbonyl (C=O) groups is 1. The summed E-state index contributed by atoms with van der Waals surface area (Å²) in [6, 6.07) is 4.56. The monoisotopic (exact) mass is 418 g/mol. The Labute approximate surface area is 172 Å². The smallest absolute Gasteiger partial charge is 0.226 e. The van der Waals surface area contributed by atoms with Gasteiger partial charge in [-0.1, -0.05) is 24.1 Å². The summed E-state index contributed by atoms with van der Waals surface area (Å²) in [5, 5.41) is 0.350. The summed E-state index contributed by atoms with van der Waals surface area (Å²) in [5.41, 5.74) is 7.12. The number of methoxy groups -OCH3 is 1. The minimum atomic E-state index is -0.373. The van der Waals surface area contributed by atoms with E-state index in [-0.39, 0.29) is 36.1 Å². The molecule has 2 aliphatic carbocycles. The molecule has 0 aliphatic heterocycles. The van der Waals surface area contributed by atoms with Crippen LogP contribution in [0.25, 0.3) is 0 Å². The second-order valence-electron chi connectivity index (χ2n) is 7.69. The van der Waals surface area contributed by atoms with Crippen LogP contribution >= 0.6 is 24.0 Å². The molecule has 3 rings (SSSR count). The largest absolute Gasteiger partial charge is 0.383 e. The molecule has 4 nitrogen and oxygen atoms in total. The van der Waals surface area contributed by atoms with Gasteiger partial charge in [0.1, 0.15) is 5.82 Å². The molecule has 2 atom stereocenters. The van der Waals surface area contributed by atoms with E-state index in [9.17, 15) is 9.18 Å². The third kappa shape index (κ3) is 5.35. The van der Waals surface area contributed by atoms with Crippen LogP contribution in [0.3, 0.4) is 0 Å². The van der Waals surface area contributed by atoms with Gasteiger partial charge in [0.15, 0.2) is 0 Å². The molecule has 1 amide bonds. The van der Waals surface area contributed by atoms with Gasteiger partial charge >= 0.3 is 0 Å². The van der Waals surface area contributed by atoms with Gasteiger partial charge < -0.3 is 15.4 Å². The van der Waals surface area contributed by atoms with Gasteiger partial charge in [0.2, 0.25) is 5.91 Å². The maximum absolute atomic E-state index is 13.3. The highest BCUT2D eigenvalue weighted by molar-refractivity contribution is 6.31. The van der Waals surface area contributed by atoms with Crippen LogP contribution in [0.15, 0.2) is 18.2 Å². The number of nitrogens with zero attached hydrogens (tertiary/aromatic N) is 1. The number of hydrogen-bond donors (Lipinski definition) is 1. The third-order valence-corrected chi connectivity index (χ3v) is 6.37. The summed E-state index contributed by atoms with van der Waals surface area (Å²) in [7, 11) is 1.62. The number of benzene rings is 1. The van der Waals surface area contributed by atoms with Crippen LogP contribution in [-0.4, -0.2) is 37.1 Å². The summed E-state index contributed by atoms with van der Waals surface area (Å²) < 4.78 is 18.5. The molecule has 2 fully saturated rings. The number of fused-ring (bicyclic) bond motifs is 2. The minimum absolute atomic E-state index is 0. The molecular formula is C20H29Cl2FN2O2. The van der Waals surface area contributed by atoms with Gasteiger partial charge in [0.05, 0.1) is 6.61 Å². The fourth-order valence-corrected chi connectivity index (χ4v) is 4.80. The lowest BCUT2D eigenvalue weighted by atomic mass is 9.65. The van der Waals surface area contributed by atoms with E-state index in [1.165, 1.54) is 18.6 Å². The molecule has 152 valence electrons. The molecule has 2 unspecified atom stereocenters. The molecule has 2 bridgehead atoms. The van der Waals surface area contributed by atoms with Crippen LogP contribution in [0.1, 0.15) is 37.7 Å². The number of hydrogen-bond acceptors (Lipinski definition) is 3.